The van der Waals surface area contributed by atoms with E-state index in [2.05, 4.69) is 10.3 Å². The summed E-state index contributed by atoms with van der Waals surface area (Å²) < 4.78 is 79.4. The van der Waals surface area contributed by atoms with Gasteiger partial charge in [-0.25, -0.2) is 4.98 Å². The number of halogens is 6. The Hall–Kier alpha value is -4.29. The number of amides is 2. The number of pyridine rings is 1. The molecule has 1 aliphatic heterocycles. The van der Waals surface area contributed by atoms with Crippen molar-refractivity contribution in [2.24, 2.45) is 0 Å². The van der Waals surface area contributed by atoms with E-state index in [1.807, 2.05) is 23.2 Å². The third-order valence-electron chi connectivity index (χ3n) is 8.24. The zero-order valence-electron chi connectivity index (χ0n) is 25.3. The summed E-state index contributed by atoms with van der Waals surface area (Å²) in [5.41, 5.74) is 2.73. The van der Waals surface area contributed by atoms with Crippen LogP contribution in [0.25, 0.3) is 11.1 Å². The third kappa shape index (κ3) is 7.23. The molecule has 2 N–H and O–H groups in total. The molecule has 3 aromatic rings. The van der Waals surface area contributed by atoms with Crippen molar-refractivity contribution in [3.05, 3.63) is 77.0 Å². The number of hydrogen-bond donors (Lipinski definition) is 2. The lowest BCUT2D eigenvalue weighted by Gasteiger charge is -2.35. The zero-order chi connectivity index (χ0) is 33.1. The minimum Gasteiger partial charge on any atom is -0.371 e. The molecule has 46 heavy (non-hydrogen) atoms. The summed E-state index contributed by atoms with van der Waals surface area (Å²) in [6, 6.07) is 12.6. The van der Waals surface area contributed by atoms with E-state index in [1.165, 1.54) is 17.2 Å². The lowest BCUT2D eigenvalue weighted by Crippen LogP contribution is -2.40. The van der Waals surface area contributed by atoms with Crippen LogP contribution >= 0.6 is 0 Å². The topological polar surface area (TPSA) is 77.6 Å². The SMILES string of the molecule is CCCCN(C(=O)c1c(N2CCCCC2)ccnc1NCC(F)(F)F)C1c2ccccc2-c2cccc(C(=O)NCC(F)(F)F)c21. The van der Waals surface area contributed by atoms with Crippen LogP contribution < -0.4 is 15.5 Å². The average Bonchev–Trinajstić information content (AvgIpc) is 3.36. The molecule has 1 unspecified atom stereocenters. The average molecular weight is 648 g/mol. The van der Waals surface area contributed by atoms with Crippen LogP contribution in [0.15, 0.2) is 54.7 Å². The van der Waals surface area contributed by atoms with E-state index in [4.69, 9.17) is 0 Å². The monoisotopic (exact) mass is 647 g/mol. The van der Waals surface area contributed by atoms with Gasteiger partial charge in [-0.2, -0.15) is 26.3 Å². The number of rotatable bonds is 10. The van der Waals surface area contributed by atoms with E-state index in [-0.39, 0.29) is 23.5 Å². The molecule has 13 heteroatoms. The van der Waals surface area contributed by atoms with Crippen molar-refractivity contribution in [1.29, 1.82) is 0 Å². The van der Waals surface area contributed by atoms with Crippen LogP contribution in [0.4, 0.5) is 37.8 Å². The molecule has 0 saturated carbocycles. The van der Waals surface area contributed by atoms with Crippen molar-refractivity contribution in [2.75, 3.05) is 42.9 Å². The number of nitrogens with zero attached hydrogens (tertiary/aromatic N) is 3. The molecule has 1 aliphatic carbocycles. The van der Waals surface area contributed by atoms with Gasteiger partial charge in [-0.15, -0.1) is 0 Å². The fraction of sp³-hybridized carbons (Fsp3) is 0.424. The smallest absolute Gasteiger partial charge is 0.371 e. The Balaban J connectivity index is 1.66. The maximum Gasteiger partial charge on any atom is 0.405 e. The number of unbranched alkanes of at least 4 members (excludes halogenated alkanes) is 1. The summed E-state index contributed by atoms with van der Waals surface area (Å²) in [5.74, 6) is -1.75. The third-order valence-corrected chi connectivity index (χ3v) is 8.24. The van der Waals surface area contributed by atoms with Crippen molar-refractivity contribution < 1.29 is 35.9 Å². The Labute approximate surface area is 263 Å². The van der Waals surface area contributed by atoms with E-state index in [0.29, 0.717) is 53.9 Å². The highest BCUT2D eigenvalue weighted by Crippen LogP contribution is 2.49. The number of carbonyl (C=O) groups excluding carboxylic acids is 2. The number of fused-ring (bicyclic) bond motifs is 3. The lowest BCUT2D eigenvalue weighted by atomic mass is 9.95. The molecular formula is C33H35F6N5O2. The number of carbonyl (C=O) groups is 2. The molecule has 2 aliphatic rings. The van der Waals surface area contributed by atoms with Gasteiger partial charge in [0.1, 0.15) is 24.5 Å². The van der Waals surface area contributed by atoms with Gasteiger partial charge in [0.15, 0.2) is 0 Å². The second-order valence-electron chi connectivity index (χ2n) is 11.5. The number of alkyl halides is 6. The standard InChI is InChI=1S/C33H35F6N5O2/c1-2-3-18-44(31(46)27-25(43-16-7-4-8-17-43)14-15-40-29(27)41-19-32(34,35)36)28-23-11-6-5-10-21(23)22-12-9-13-24(26(22)28)30(45)42-20-33(37,38)39/h5-6,9-15,28H,2-4,7-8,16-20H2,1H3,(H,40,41)(H,42,45). The van der Waals surface area contributed by atoms with Gasteiger partial charge < -0.3 is 20.4 Å². The molecule has 0 radical (unpaired) electrons. The van der Waals surface area contributed by atoms with Crippen LogP contribution in [0, 0.1) is 0 Å². The highest BCUT2D eigenvalue weighted by molar-refractivity contribution is 6.06. The first-order valence-electron chi connectivity index (χ1n) is 15.3. The van der Waals surface area contributed by atoms with Crippen molar-refractivity contribution >= 4 is 23.3 Å². The maximum absolute atomic E-state index is 14.9. The van der Waals surface area contributed by atoms with Crippen LogP contribution in [0.3, 0.4) is 0 Å². The Morgan fingerprint density at radius 3 is 2.30 bits per heavy atom. The molecule has 2 heterocycles. The van der Waals surface area contributed by atoms with E-state index >= 15 is 0 Å². The van der Waals surface area contributed by atoms with E-state index in [1.54, 1.807) is 36.4 Å². The summed E-state index contributed by atoms with van der Waals surface area (Å²) in [4.78, 5) is 35.8. The Morgan fingerprint density at radius 2 is 1.61 bits per heavy atom. The van der Waals surface area contributed by atoms with Crippen LogP contribution in [-0.4, -0.2) is 66.8 Å². The number of benzene rings is 2. The van der Waals surface area contributed by atoms with Crippen LogP contribution in [-0.2, 0) is 0 Å². The van der Waals surface area contributed by atoms with Gasteiger partial charge in [0.05, 0.1) is 11.7 Å². The first kappa shape index (κ1) is 33.1. The van der Waals surface area contributed by atoms with Gasteiger partial charge in [-0.05, 0) is 60.1 Å². The van der Waals surface area contributed by atoms with Crippen molar-refractivity contribution in [3.63, 3.8) is 0 Å². The summed E-state index contributed by atoms with van der Waals surface area (Å²) in [6.07, 6.45) is -3.96. The van der Waals surface area contributed by atoms with Crippen molar-refractivity contribution in [3.8, 4) is 11.1 Å². The highest BCUT2D eigenvalue weighted by Gasteiger charge is 2.41. The number of piperidine rings is 1. The molecule has 2 amide bonds. The Kier molecular flexibility index (Phi) is 9.78. The first-order valence-corrected chi connectivity index (χ1v) is 15.3. The van der Waals surface area contributed by atoms with E-state index < -0.39 is 43.3 Å². The molecule has 1 aromatic heterocycles. The normalized spacial score (nSPS) is 16.1. The summed E-state index contributed by atoms with van der Waals surface area (Å²) in [6.45, 7) is 0.368. The number of nitrogens with one attached hydrogen (secondary N) is 2. The molecule has 7 nitrogen and oxygen atoms in total. The molecule has 2 aromatic carbocycles. The largest absolute Gasteiger partial charge is 0.405 e. The summed E-state index contributed by atoms with van der Waals surface area (Å²) in [7, 11) is 0. The number of aromatic nitrogens is 1. The second-order valence-corrected chi connectivity index (χ2v) is 11.5. The van der Waals surface area contributed by atoms with Crippen molar-refractivity contribution in [2.45, 2.75) is 57.4 Å². The first-order chi connectivity index (χ1) is 21.9. The Bertz CT molecular complexity index is 1570. The summed E-state index contributed by atoms with van der Waals surface area (Å²) >= 11 is 0. The molecule has 5 rings (SSSR count). The molecule has 1 atom stereocenters. The summed E-state index contributed by atoms with van der Waals surface area (Å²) in [5, 5.41) is 4.28. The minimum atomic E-state index is -4.63. The second kappa shape index (κ2) is 13.6. The van der Waals surface area contributed by atoms with E-state index in [9.17, 15) is 35.9 Å². The molecule has 0 bridgehead atoms. The van der Waals surface area contributed by atoms with Crippen LogP contribution in [0.5, 0.6) is 0 Å². The van der Waals surface area contributed by atoms with Gasteiger partial charge in [0, 0.05) is 31.4 Å². The van der Waals surface area contributed by atoms with Crippen molar-refractivity contribution in [1.82, 2.24) is 15.2 Å². The van der Waals surface area contributed by atoms with Gasteiger partial charge in [0.2, 0.25) is 0 Å². The number of anilines is 2. The predicted molar refractivity (Wildman–Crippen MR) is 163 cm³/mol. The quantitative estimate of drug-likeness (QED) is 0.225. The minimum absolute atomic E-state index is 0.0184. The Morgan fingerprint density at radius 1 is 0.913 bits per heavy atom. The molecule has 246 valence electrons. The lowest BCUT2D eigenvalue weighted by molar-refractivity contribution is -0.123. The van der Waals surface area contributed by atoms with Gasteiger partial charge >= 0.3 is 12.4 Å². The van der Waals surface area contributed by atoms with Gasteiger partial charge in [-0.1, -0.05) is 49.7 Å². The molecule has 0 spiro atoms. The molecule has 1 fully saturated rings. The van der Waals surface area contributed by atoms with Crippen LogP contribution in [0.1, 0.15) is 76.9 Å². The van der Waals surface area contributed by atoms with Gasteiger partial charge in [-0.3, -0.25) is 9.59 Å². The van der Waals surface area contributed by atoms with Gasteiger partial charge in [0.25, 0.3) is 11.8 Å². The van der Waals surface area contributed by atoms with Crippen LogP contribution in [0.2, 0.25) is 0 Å². The predicted octanol–water partition coefficient (Wildman–Crippen LogP) is 7.35. The fourth-order valence-electron chi connectivity index (χ4n) is 6.23. The van der Waals surface area contributed by atoms with E-state index in [0.717, 1.165) is 19.3 Å². The fourth-order valence-corrected chi connectivity index (χ4v) is 6.23. The molecular weight excluding hydrogens is 612 g/mol. The molecule has 1 saturated heterocycles. The maximum atomic E-state index is 14.9. The number of hydrogen-bond acceptors (Lipinski definition) is 5. The highest BCUT2D eigenvalue weighted by atomic mass is 19.4. The zero-order valence-corrected chi connectivity index (χ0v) is 25.3.